The Balaban J connectivity index is 0.00000280. The highest BCUT2D eigenvalue weighted by Gasteiger charge is 2.29. The molecule has 2 aromatic rings. The highest BCUT2D eigenvalue weighted by molar-refractivity contribution is 5.95. The quantitative estimate of drug-likeness (QED) is 0.595. The smallest absolute Gasteiger partial charge is 0.277 e. The van der Waals surface area contributed by atoms with Gasteiger partial charge < -0.3 is 10.2 Å². The third-order valence-corrected chi connectivity index (χ3v) is 4.39. The van der Waals surface area contributed by atoms with E-state index < -0.39 is 27.1 Å². The van der Waals surface area contributed by atoms with Crippen LogP contribution in [0.15, 0.2) is 42.7 Å². The van der Waals surface area contributed by atoms with Crippen molar-refractivity contribution in [2.75, 3.05) is 13.1 Å². The van der Waals surface area contributed by atoms with Crippen molar-refractivity contribution in [2.45, 2.75) is 26.4 Å². The van der Waals surface area contributed by atoms with Gasteiger partial charge in [-0.2, -0.15) is 0 Å². The maximum atomic E-state index is 12.7. The Morgan fingerprint density at radius 1 is 1.14 bits per heavy atom. The summed E-state index contributed by atoms with van der Waals surface area (Å²) in [6.45, 7) is 1.54. The van der Waals surface area contributed by atoms with Gasteiger partial charge >= 0.3 is 0 Å². The molecule has 1 N–H and O–H groups in total. The van der Waals surface area contributed by atoms with E-state index in [1.54, 1.807) is 17.3 Å². The molecule has 3 rings (SSSR count). The van der Waals surface area contributed by atoms with Crippen LogP contribution in [-0.2, 0) is 6.54 Å². The maximum absolute atomic E-state index is 12.7. The van der Waals surface area contributed by atoms with E-state index in [-0.39, 0.29) is 19.0 Å². The lowest BCUT2D eigenvalue weighted by Crippen LogP contribution is -2.34. The number of rotatable bonds is 6. The molecule has 1 aromatic carbocycles. The number of amides is 1. The number of nitro benzene ring substituents is 2. The lowest BCUT2D eigenvalue weighted by atomic mass is 10.1. The van der Waals surface area contributed by atoms with E-state index in [2.05, 4.69) is 10.3 Å². The van der Waals surface area contributed by atoms with E-state index in [9.17, 15) is 25.0 Å². The van der Waals surface area contributed by atoms with Crippen LogP contribution in [0.3, 0.4) is 0 Å². The topological polar surface area (TPSA) is 132 Å². The number of pyridine rings is 1. The average Bonchev–Trinajstić information content (AvgIpc) is 3.15. The molecule has 2 heterocycles. The van der Waals surface area contributed by atoms with Crippen molar-refractivity contribution in [1.29, 1.82) is 0 Å². The van der Waals surface area contributed by atoms with Crippen molar-refractivity contribution in [2.24, 2.45) is 0 Å². The summed E-state index contributed by atoms with van der Waals surface area (Å²) < 4.78 is 0. The van der Waals surface area contributed by atoms with Gasteiger partial charge in [-0.25, -0.2) is 0 Å². The first-order valence-corrected chi connectivity index (χ1v) is 8.29. The summed E-state index contributed by atoms with van der Waals surface area (Å²) in [6.07, 6.45) is 4.14. The standard InChI is InChI=1S/C17H17N5O5.CH4/c23-17(13-7-15(21(24)25)9-16(8-13)22(26)27)20-6-3-14(11-20)19-10-12-1-4-18-5-2-12;/h1-2,4-5,7-9,14,19H,3,6,10-11H2;1H4/t14-;/m1./s1. The summed E-state index contributed by atoms with van der Waals surface area (Å²) in [5.74, 6) is -0.449. The van der Waals surface area contributed by atoms with Gasteiger partial charge in [-0.15, -0.1) is 0 Å². The van der Waals surface area contributed by atoms with E-state index in [4.69, 9.17) is 0 Å². The fourth-order valence-corrected chi connectivity index (χ4v) is 2.99. The van der Waals surface area contributed by atoms with Crippen LogP contribution in [0, 0.1) is 20.2 Å². The second-order valence-electron chi connectivity index (χ2n) is 6.23. The van der Waals surface area contributed by atoms with E-state index in [0.717, 1.165) is 30.2 Å². The largest absolute Gasteiger partial charge is 0.337 e. The van der Waals surface area contributed by atoms with Crippen LogP contribution in [0.4, 0.5) is 11.4 Å². The van der Waals surface area contributed by atoms with Gasteiger partial charge in [-0.05, 0) is 24.1 Å². The van der Waals surface area contributed by atoms with Gasteiger partial charge in [-0.1, -0.05) is 7.43 Å². The molecular formula is C18H21N5O5. The number of nitrogens with zero attached hydrogens (tertiary/aromatic N) is 4. The summed E-state index contributed by atoms with van der Waals surface area (Å²) in [4.78, 5) is 38.7. The zero-order valence-electron chi connectivity index (χ0n) is 14.3. The van der Waals surface area contributed by atoms with Crippen LogP contribution >= 0.6 is 0 Å². The SMILES string of the molecule is C.O=C(c1cc([N+](=O)[O-])cc([N+](=O)[O-])c1)N1CC[C@@H](NCc2ccncc2)C1. The number of nitrogens with one attached hydrogen (secondary N) is 1. The minimum absolute atomic E-state index is 0. The monoisotopic (exact) mass is 387 g/mol. The molecule has 1 aromatic heterocycles. The zero-order valence-corrected chi connectivity index (χ0v) is 14.3. The zero-order chi connectivity index (χ0) is 19.4. The molecule has 1 aliphatic heterocycles. The molecule has 0 spiro atoms. The molecule has 10 heteroatoms. The Hall–Kier alpha value is -3.40. The van der Waals surface area contributed by atoms with E-state index >= 15 is 0 Å². The number of non-ortho nitro benzene ring substituents is 2. The summed E-state index contributed by atoms with van der Waals surface area (Å²) in [7, 11) is 0. The van der Waals surface area contributed by atoms with Crippen LogP contribution < -0.4 is 5.32 Å². The molecule has 1 aliphatic rings. The number of carbonyl (C=O) groups excluding carboxylic acids is 1. The summed E-state index contributed by atoms with van der Waals surface area (Å²) in [6, 6.07) is 6.87. The molecule has 148 valence electrons. The normalized spacial score (nSPS) is 15.7. The minimum Gasteiger partial charge on any atom is -0.337 e. The van der Waals surface area contributed by atoms with E-state index in [1.807, 2.05) is 12.1 Å². The van der Waals surface area contributed by atoms with Gasteiger partial charge in [0.2, 0.25) is 0 Å². The van der Waals surface area contributed by atoms with Crippen LogP contribution in [0.25, 0.3) is 0 Å². The molecule has 1 saturated heterocycles. The first-order chi connectivity index (χ1) is 12.9. The predicted molar refractivity (Wildman–Crippen MR) is 102 cm³/mol. The second kappa shape index (κ2) is 9.00. The van der Waals surface area contributed by atoms with Gasteiger partial charge in [0.15, 0.2) is 0 Å². The minimum atomic E-state index is -0.743. The van der Waals surface area contributed by atoms with Crippen LogP contribution in [0.5, 0.6) is 0 Å². The van der Waals surface area contributed by atoms with Crippen molar-refractivity contribution in [3.8, 4) is 0 Å². The molecule has 0 aliphatic carbocycles. The molecule has 0 bridgehead atoms. The van der Waals surface area contributed by atoms with Crippen LogP contribution in [-0.4, -0.2) is 44.8 Å². The number of aromatic nitrogens is 1. The molecule has 0 unspecified atom stereocenters. The summed E-state index contributed by atoms with van der Waals surface area (Å²) in [5.41, 5.74) is 0.0768. The molecule has 1 fully saturated rings. The molecular weight excluding hydrogens is 366 g/mol. The molecule has 0 radical (unpaired) electrons. The second-order valence-corrected chi connectivity index (χ2v) is 6.23. The van der Waals surface area contributed by atoms with Crippen molar-refractivity contribution >= 4 is 17.3 Å². The number of likely N-dealkylation sites (tertiary alicyclic amines) is 1. The maximum Gasteiger partial charge on any atom is 0.277 e. The van der Waals surface area contributed by atoms with Gasteiger partial charge in [0, 0.05) is 50.2 Å². The van der Waals surface area contributed by atoms with Gasteiger partial charge in [0.05, 0.1) is 21.5 Å². The average molecular weight is 387 g/mol. The molecule has 1 amide bonds. The van der Waals surface area contributed by atoms with E-state index in [1.165, 1.54) is 0 Å². The first-order valence-electron chi connectivity index (χ1n) is 8.29. The Kier molecular flexibility index (Phi) is 6.72. The first kappa shape index (κ1) is 20.9. The molecule has 10 nitrogen and oxygen atoms in total. The van der Waals surface area contributed by atoms with Gasteiger partial charge in [0.25, 0.3) is 17.3 Å². The number of carbonyl (C=O) groups is 1. The number of hydrogen-bond acceptors (Lipinski definition) is 7. The van der Waals surface area contributed by atoms with Gasteiger partial charge in [-0.3, -0.25) is 30.0 Å². The number of nitro groups is 2. The van der Waals surface area contributed by atoms with Gasteiger partial charge in [0.1, 0.15) is 0 Å². The highest BCUT2D eigenvalue weighted by atomic mass is 16.6. The number of benzene rings is 1. The Bertz CT molecular complexity index is 842. The Morgan fingerprint density at radius 2 is 1.75 bits per heavy atom. The van der Waals surface area contributed by atoms with Crippen molar-refractivity contribution < 1.29 is 14.6 Å². The molecule has 28 heavy (non-hydrogen) atoms. The van der Waals surface area contributed by atoms with Crippen LogP contribution in [0.1, 0.15) is 29.8 Å². The third-order valence-electron chi connectivity index (χ3n) is 4.39. The third kappa shape index (κ3) is 4.86. The number of hydrogen-bond donors (Lipinski definition) is 1. The predicted octanol–water partition coefficient (Wildman–Crippen LogP) is 2.54. The fourth-order valence-electron chi connectivity index (χ4n) is 2.99. The summed E-state index contributed by atoms with van der Waals surface area (Å²) >= 11 is 0. The molecule has 1 atom stereocenters. The molecule has 0 saturated carbocycles. The fraction of sp³-hybridized carbons (Fsp3) is 0.333. The lowest BCUT2D eigenvalue weighted by Gasteiger charge is -2.17. The Labute approximate surface area is 161 Å². The highest BCUT2D eigenvalue weighted by Crippen LogP contribution is 2.24. The lowest BCUT2D eigenvalue weighted by molar-refractivity contribution is -0.394. The Morgan fingerprint density at radius 3 is 2.32 bits per heavy atom. The summed E-state index contributed by atoms with van der Waals surface area (Å²) in [5, 5.41) is 25.3. The van der Waals surface area contributed by atoms with Crippen LogP contribution in [0.2, 0.25) is 0 Å². The van der Waals surface area contributed by atoms with E-state index in [0.29, 0.717) is 19.6 Å². The van der Waals surface area contributed by atoms with Crippen molar-refractivity contribution in [3.63, 3.8) is 0 Å². The van der Waals surface area contributed by atoms with Crippen molar-refractivity contribution in [3.05, 3.63) is 74.1 Å². The van der Waals surface area contributed by atoms with Crippen molar-refractivity contribution in [1.82, 2.24) is 15.2 Å².